The van der Waals surface area contributed by atoms with Crippen LogP contribution in [0.15, 0.2) is 12.7 Å². The highest BCUT2D eigenvalue weighted by Gasteiger charge is 2.26. The summed E-state index contributed by atoms with van der Waals surface area (Å²) in [6, 6.07) is 0. The molecule has 0 rings (SSSR count). The van der Waals surface area contributed by atoms with Crippen molar-refractivity contribution in [1.82, 2.24) is 5.32 Å². The van der Waals surface area contributed by atoms with Gasteiger partial charge in [-0.25, -0.2) is 0 Å². The molecular formula is C9H17NO2. The van der Waals surface area contributed by atoms with Gasteiger partial charge in [-0.05, 0) is 20.8 Å². The van der Waals surface area contributed by atoms with Gasteiger partial charge >= 0.3 is 0 Å². The lowest BCUT2D eigenvalue weighted by Crippen LogP contribution is -2.44. The monoisotopic (exact) mass is 171 g/mol. The zero-order valence-electron chi connectivity index (χ0n) is 8.02. The fourth-order valence-electron chi connectivity index (χ4n) is 0.804. The largest absolute Gasteiger partial charge is 0.366 e. The highest BCUT2D eigenvalue weighted by atomic mass is 16.5. The first-order valence-electron chi connectivity index (χ1n) is 4.07. The van der Waals surface area contributed by atoms with Crippen molar-refractivity contribution in [1.29, 1.82) is 0 Å². The number of carbonyl (C=O) groups is 1. The molecule has 1 amide bonds. The Kier molecular flexibility index (Phi) is 4.59. The van der Waals surface area contributed by atoms with E-state index in [0.717, 1.165) is 0 Å². The van der Waals surface area contributed by atoms with Crippen LogP contribution in [0.25, 0.3) is 0 Å². The van der Waals surface area contributed by atoms with E-state index >= 15 is 0 Å². The highest BCUT2D eigenvalue weighted by molar-refractivity contribution is 5.84. The third-order valence-corrected chi connectivity index (χ3v) is 1.46. The van der Waals surface area contributed by atoms with Crippen LogP contribution >= 0.6 is 0 Å². The number of hydrogen-bond donors (Lipinski definition) is 1. The molecule has 3 nitrogen and oxygen atoms in total. The molecule has 0 aromatic heterocycles. The lowest BCUT2D eigenvalue weighted by Gasteiger charge is -2.22. The molecule has 3 heteroatoms. The molecule has 0 saturated carbocycles. The van der Waals surface area contributed by atoms with E-state index in [1.807, 2.05) is 6.92 Å². The maximum absolute atomic E-state index is 11.3. The molecule has 0 aromatic rings. The van der Waals surface area contributed by atoms with Gasteiger partial charge in [0.15, 0.2) is 0 Å². The summed E-state index contributed by atoms with van der Waals surface area (Å²) in [5.41, 5.74) is -0.738. The van der Waals surface area contributed by atoms with Crippen LogP contribution in [0.5, 0.6) is 0 Å². The first kappa shape index (κ1) is 11.2. The maximum atomic E-state index is 11.3. The molecule has 0 heterocycles. The number of carbonyl (C=O) groups excluding carboxylic acids is 1. The van der Waals surface area contributed by atoms with E-state index in [1.165, 1.54) is 0 Å². The smallest absolute Gasteiger partial charge is 0.251 e. The lowest BCUT2D eigenvalue weighted by molar-refractivity contribution is -0.141. The van der Waals surface area contributed by atoms with Gasteiger partial charge in [-0.15, -0.1) is 6.58 Å². The van der Waals surface area contributed by atoms with Gasteiger partial charge in [0.1, 0.15) is 5.60 Å². The van der Waals surface area contributed by atoms with E-state index in [9.17, 15) is 4.79 Å². The molecule has 0 radical (unpaired) electrons. The molecule has 0 bridgehead atoms. The van der Waals surface area contributed by atoms with Crippen molar-refractivity contribution in [2.75, 3.05) is 13.2 Å². The molecule has 70 valence electrons. The molecule has 1 N–H and O–H groups in total. The number of rotatable bonds is 5. The van der Waals surface area contributed by atoms with Crippen LogP contribution in [-0.4, -0.2) is 24.7 Å². The number of nitrogens with one attached hydrogen (secondary N) is 1. The summed E-state index contributed by atoms with van der Waals surface area (Å²) in [5, 5.41) is 2.68. The van der Waals surface area contributed by atoms with Gasteiger partial charge in [-0.1, -0.05) is 6.08 Å². The van der Waals surface area contributed by atoms with Crippen molar-refractivity contribution in [3.05, 3.63) is 12.7 Å². The lowest BCUT2D eigenvalue weighted by atomic mass is 10.1. The topological polar surface area (TPSA) is 38.3 Å². The average Bonchev–Trinajstić information content (AvgIpc) is 2.00. The first-order chi connectivity index (χ1) is 5.54. The Labute approximate surface area is 73.8 Å². The summed E-state index contributed by atoms with van der Waals surface area (Å²) in [7, 11) is 0. The van der Waals surface area contributed by atoms with Gasteiger partial charge in [-0.2, -0.15) is 0 Å². The van der Waals surface area contributed by atoms with Crippen molar-refractivity contribution >= 4 is 5.91 Å². The molecule has 0 atom stereocenters. The maximum Gasteiger partial charge on any atom is 0.251 e. The Hall–Kier alpha value is -0.830. The van der Waals surface area contributed by atoms with E-state index in [1.54, 1.807) is 19.9 Å². The van der Waals surface area contributed by atoms with Crippen molar-refractivity contribution in [3.63, 3.8) is 0 Å². The van der Waals surface area contributed by atoms with Gasteiger partial charge < -0.3 is 10.1 Å². The summed E-state index contributed by atoms with van der Waals surface area (Å²) in [5.74, 6) is -0.107. The molecule has 0 saturated heterocycles. The molecule has 0 aliphatic rings. The van der Waals surface area contributed by atoms with Gasteiger partial charge in [0.25, 0.3) is 5.91 Å². The van der Waals surface area contributed by atoms with E-state index < -0.39 is 5.60 Å². The molecule has 0 aliphatic carbocycles. The van der Waals surface area contributed by atoms with Crippen LogP contribution < -0.4 is 5.32 Å². The molecule has 0 unspecified atom stereocenters. The van der Waals surface area contributed by atoms with Crippen molar-refractivity contribution < 1.29 is 9.53 Å². The number of amides is 1. The van der Waals surface area contributed by atoms with Crippen molar-refractivity contribution in [2.45, 2.75) is 26.4 Å². The Balaban J connectivity index is 3.96. The Morgan fingerprint density at radius 2 is 2.25 bits per heavy atom. The molecule has 0 spiro atoms. The molecular weight excluding hydrogens is 154 g/mol. The molecule has 0 aromatic carbocycles. The van der Waals surface area contributed by atoms with Gasteiger partial charge in [0.2, 0.25) is 0 Å². The van der Waals surface area contributed by atoms with Crippen LogP contribution in [0, 0.1) is 0 Å². The van der Waals surface area contributed by atoms with E-state index in [0.29, 0.717) is 13.2 Å². The van der Waals surface area contributed by atoms with E-state index in [-0.39, 0.29) is 5.91 Å². The Morgan fingerprint density at radius 1 is 1.67 bits per heavy atom. The second-order valence-electron chi connectivity index (χ2n) is 2.94. The van der Waals surface area contributed by atoms with Crippen molar-refractivity contribution in [2.24, 2.45) is 0 Å². The van der Waals surface area contributed by atoms with Crippen LogP contribution in [-0.2, 0) is 9.53 Å². The average molecular weight is 171 g/mol. The Morgan fingerprint density at radius 3 is 2.67 bits per heavy atom. The molecule has 0 fully saturated rings. The van der Waals surface area contributed by atoms with E-state index in [2.05, 4.69) is 11.9 Å². The van der Waals surface area contributed by atoms with Crippen LogP contribution in [0.4, 0.5) is 0 Å². The minimum atomic E-state index is -0.738. The van der Waals surface area contributed by atoms with Gasteiger partial charge in [0.05, 0.1) is 0 Å². The highest BCUT2D eigenvalue weighted by Crippen LogP contribution is 2.08. The summed E-state index contributed by atoms with van der Waals surface area (Å²) < 4.78 is 5.24. The summed E-state index contributed by atoms with van der Waals surface area (Å²) in [4.78, 5) is 11.3. The van der Waals surface area contributed by atoms with Crippen LogP contribution in [0.3, 0.4) is 0 Å². The minimum absolute atomic E-state index is 0.107. The fourth-order valence-corrected chi connectivity index (χ4v) is 0.804. The zero-order valence-corrected chi connectivity index (χ0v) is 8.02. The predicted octanol–water partition coefficient (Wildman–Crippen LogP) is 1.10. The quantitative estimate of drug-likeness (QED) is 0.629. The summed E-state index contributed by atoms with van der Waals surface area (Å²) >= 11 is 0. The first-order valence-corrected chi connectivity index (χ1v) is 4.07. The minimum Gasteiger partial charge on any atom is -0.366 e. The van der Waals surface area contributed by atoms with Gasteiger partial charge in [0, 0.05) is 13.2 Å². The summed E-state index contributed by atoms with van der Waals surface area (Å²) in [6.07, 6.45) is 1.64. The Bertz CT molecular complexity index is 164. The van der Waals surface area contributed by atoms with E-state index in [4.69, 9.17) is 4.74 Å². The van der Waals surface area contributed by atoms with Crippen molar-refractivity contribution in [3.8, 4) is 0 Å². The summed E-state index contributed by atoms with van der Waals surface area (Å²) in [6.45, 7) is 9.88. The zero-order chi connectivity index (χ0) is 9.61. The normalized spacial score (nSPS) is 10.9. The second-order valence-corrected chi connectivity index (χ2v) is 2.94. The third-order valence-electron chi connectivity index (χ3n) is 1.46. The predicted molar refractivity (Wildman–Crippen MR) is 48.9 cm³/mol. The van der Waals surface area contributed by atoms with Gasteiger partial charge in [-0.3, -0.25) is 4.79 Å². The molecule has 0 aliphatic heterocycles. The SMILES string of the molecule is C=CCNC(=O)C(C)(C)OCC. The number of ether oxygens (including phenoxy) is 1. The van der Waals surface area contributed by atoms with Crippen LogP contribution in [0.1, 0.15) is 20.8 Å². The standard InChI is InChI=1S/C9H17NO2/c1-5-7-10-8(11)9(3,4)12-6-2/h5H,1,6-7H2,2-4H3,(H,10,11). The van der Waals surface area contributed by atoms with Crippen LogP contribution in [0.2, 0.25) is 0 Å². The fraction of sp³-hybridized carbons (Fsp3) is 0.667. The third kappa shape index (κ3) is 3.53. The number of hydrogen-bond acceptors (Lipinski definition) is 2. The second kappa shape index (κ2) is 4.93. The molecule has 12 heavy (non-hydrogen) atoms.